The number of carbonyl (C=O) groups is 1. The number of hydrogen-bond acceptors (Lipinski definition) is 6. The van der Waals surface area contributed by atoms with Crippen LogP contribution >= 0.6 is 0 Å². The zero-order valence-electron chi connectivity index (χ0n) is 15.6. The molecule has 3 aromatic rings. The van der Waals surface area contributed by atoms with Crippen molar-refractivity contribution in [2.45, 2.75) is 19.4 Å². The molecule has 7 heteroatoms. The van der Waals surface area contributed by atoms with Crippen molar-refractivity contribution in [2.75, 3.05) is 24.6 Å². The van der Waals surface area contributed by atoms with Gasteiger partial charge in [-0.1, -0.05) is 24.3 Å². The summed E-state index contributed by atoms with van der Waals surface area (Å²) in [4.78, 5) is 23.3. The number of alkyl carbamates (subject to hydrolysis) is 1. The molecular formula is C21H22N4O3. The molecule has 2 N–H and O–H groups in total. The lowest BCUT2D eigenvalue weighted by Crippen LogP contribution is -2.37. The SMILES string of the molecule is CCOC(=O)N[C@@H]1CCN(c2nc(-c3ccccc3O)nc3ccccc23)C1. The van der Waals surface area contributed by atoms with Gasteiger partial charge in [0.05, 0.1) is 23.7 Å². The summed E-state index contributed by atoms with van der Waals surface area (Å²) in [5.41, 5.74) is 1.41. The number of aromatic nitrogens is 2. The van der Waals surface area contributed by atoms with Gasteiger partial charge in [-0.25, -0.2) is 14.8 Å². The maximum absolute atomic E-state index is 11.7. The van der Waals surface area contributed by atoms with Crippen molar-refractivity contribution in [3.05, 3.63) is 48.5 Å². The number of anilines is 1. The molecule has 1 amide bonds. The van der Waals surface area contributed by atoms with Crippen LogP contribution in [-0.4, -0.2) is 46.9 Å². The van der Waals surface area contributed by atoms with Crippen LogP contribution in [0.25, 0.3) is 22.3 Å². The number of nitrogens with zero attached hydrogens (tertiary/aromatic N) is 3. The van der Waals surface area contributed by atoms with E-state index in [0.29, 0.717) is 24.5 Å². The molecule has 0 radical (unpaired) electrons. The zero-order valence-corrected chi connectivity index (χ0v) is 15.6. The number of aromatic hydroxyl groups is 1. The summed E-state index contributed by atoms with van der Waals surface area (Å²) in [7, 11) is 0. The maximum atomic E-state index is 11.7. The zero-order chi connectivity index (χ0) is 19.5. The second kappa shape index (κ2) is 7.72. The third-order valence-electron chi connectivity index (χ3n) is 4.81. The number of nitrogens with one attached hydrogen (secondary N) is 1. The predicted octanol–water partition coefficient (Wildman–Crippen LogP) is 3.33. The molecule has 1 saturated heterocycles. The number of ether oxygens (including phenoxy) is 1. The molecule has 0 spiro atoms. The summed E-state index contributed by atoms with van der Waals surface area (Å²) in [6.45, 7) is 3.54. The van der Waals surface area contributed by atoms with E-state index in [-0.39, 0.29) is 11.8 Å². The molecule has 0 saturated carbocycles. The van der Waals surface area contributed by atoms with Crippen LogP contribution in [0.5, 0.6) is 5.75 Å². The lowest BCUT2D eigenvalue weighted by atomic mass is 10.1. The number of rotatable bonds is 4. The Morgan fingerprint density at radius 1 is 1.21 bits per heavy atom. The first-order chi connectivity index (χ1) is 13.7. The molecule has 144 valence electrons. The topological polar surface area (TPSA) is 87.6 Å². The summed E-state index contributed by atoms with van der Waals surface area (Å²) < 4.78 is 4.98. The normalized spacial score (nSPS) is 16.3. The molecule has 1 aromatic heterocycles. The number of hydrogen-bond donors (Lipinski definition) is 2. The third kappa shape index (κ3) is 3.55. The number of phenolic OH excluding ortho intramolecular Hbond substituents is 1. The van der Waals surface area contributed by atoms with Gasteiger partial charge in [0.2, 0.25) is 0 Å². The Hall–Kier alpha value is -3.35. The molecule has 4 rings (SSSR count). The monoisotopic (exact) mass is 378 g/mol. The van der Waals surface area contributed by atoms with Gasteiger partial charge in [0.1, 0.15) is 11.6 Å². The molecule has 0 aliphatic carbocycles. The van der Waals surface area contributed by atoms with E-state index in [1.165, 1.54) is 0 Å². The minimum absolute atomic E-state index is 0.00126. The van der Waals surface area contributed by atoms with Crippen molar-refractivity contribution in [1.29, 1.82) is 0 Å². The Morgan fingerprint density at radius 2 is 2.00 bits per heavy atom. The molecule has 0 bridgehead atoms. The molecule has 1 aliphatic heterocycles. The predicted molar refractivity (Wildman–Crippen MR) is 107 cm³/mol. The van der Waals surface area contributed by atoms with Crippen molar-refractivity contribution in [3.8, 4) is 17.1 Å². The highest BCUT2D eigenvalue weighted by Gasteiger charge is 2.27. The van der Waals surface area contributed by atoms with Crippen LogP contribution in [0.15, 0.2) is 48.5 Å². The van der Waals surface area contributed by atoms with E-state index in [9.17, 15) is 9.90 Å². The van der Waals surface area contributed by atoms with Crippen molar-refractivity contribution in [1.82, 2.24) is 15.3 Å². The van der Waals surface area contributed by atoms with Crippen molar-refractivity contribution in [3.63, 3.8) is 0 Å². The Morgan fingerprint density at radius 3 is 2.82 bits per heavy atom. The van der Waals surface area contributed by atoms with Crippen molar-refractivity contribution < 1.29 is 14.6 Å². The summed E-state index contributed by atoms with van der Waals surface area (Å²) in [5, 5.41) is 14.1. The highest BCUT2D eigenvalue weighted by atomic mass is 16.5. The first-order valence-electron chi connectivity index (χ1n) is 9.39. The third-order valence-corrected chi connectivity index (χ3v) is 4.81. The van der Waals surface area contributed by atoms with Crippen LogP contribution in [0.4, 0.5) is 10.6 Å². The largest absolute Gasteiger partial charge is 0.507 e. The molecule has 0 unspecified atom stereocenters. The Kier molecular flexibility index (Phi) is 4.97. The summed E-state index contributed by atoms with van der Waals surface area (Å²) >= 11 is 0. The van der Waals surface area contributed by atoms with E-state index in [1.807, 2.05) is 30.3 Å². The van der Waals surface area contributed by atoms with Gasteiger partial charge in [0.15, 0.2) is 5.82 Å². The van der Waals surface area contributed by atoms with Gasteiger partial charge < -0.3 is 20.1 Å². The fourth-order valence-electron chi connectivity index (χ4n) is 3.49. The number of phenols is 1. The second-order valence-corrected chi connectivity index (χ2v) is 6.70. The second-order valence-electron chi connectivity index (χ2n) is 6.70. The molecular weight excluding hydrogens is 356 g/mol. The van der Waals surface area contributed by atoms with Gasteiger partial charge in [-0.15, -0.1) is 0 Å². The summed E-state index contributed by atoms with van der Waals surface area (Å²) in [6.07, 6.45) is 0.417. The van der Waals surface area contributed by atoms with E-state index in [2.05, 4.69) is 15.2 Å². The lowest BCUT2D eigenvalue weighted by Gasteiger charge is -2.20. The highest BCUT2D eigenvalue weighted by Crippen LogP contribution is 2.32. The fourth-order valence-corrected chi connectivity index (χ4v) is 3.49. The quantitative estimate of drug-likeness (QED) is 0.724. The smallest absolute Gasteiger partial charge is 0.407 e. The van der Waals surface area contributed by atoms with E-state index >= 15 is 0 Å². The van der Waals surface area contributed by atoms with Crippen LogP contribution in [0.2, 0.25) is 0 Å². The molecule has 1 aliphatic rings. The highest BCUT2D eigenvalue weighted by molar-refractivity contribution is 5.91. The Labute approximate surface area is 163 Å². The first-order valence-corrected chi connectivity index (χ1v) is 9.39. The standard InChI is InChI=1S/C21H22N4O3/c1-2-28-21(27)22-14-11-12-25(13-14)20-15-7-3-5-9-17(15)23-19(24-20)16-8-4-6-10-18(16)26/h3-10,14,26H,2,11-13H2,1H3,(H,22,27)/t14-/m1/s1. The number of benzene rings is 2. The lowest BCUT2D eigenvalue weighted by molar-refractivity contribution is 0.149. The minimum atomic E-state index is -0.392. The van der Waals surface area contributed by atoms with Gasteiger partial charge in [0, 0.05) is 18.5 Å². The van der Waals surface area contributed by atoms with E-state index < -0.39 is 6.09 Å². The molecule has 2 aromatic carbocycles. The van der Waals surface area contributed by atoms with Crippen LogP contribution in [0.3, 0.4) is 0 Å². The van der Waals surface area contributed by atoms with Gasteiger partial charge in [-0.3, -0.25) is 0 Å². The van der Waals surface area contributed by atoms with E-state index in [0.717, 1.165) is 29.7 Å². The van der Waals surface area contributed by atoms with E-state index in [1.54, 1.807) is 25.1 Å². The molecule has 1 fully saturated rings. The molecule has 28 heavy (non-hydrogen) atoms. The fraction of sp³-hybridized carbons (Fsp3) is 0.286. The molecule has 1 atom stereocenters. The Balaban J connectivity index is 1.69. The van der Waals surface area contributed by atoms with Crippen LogP contribution in [0.1, 0.15) is 13.3 Å². The minimum Gasteiger partial charge on any atom is -0.507 e. The van der Waals surface area contributed by atoms with Gasteiger partial charge in [0.25, 0.3) is 0 Å². The summed E-state index contributed by atoms with van der Waals surface area (Å²) in [6, 6.07) is 14.9. The maximum Gasteiger partial charge on any atom is 0.407 e. The average Bonchev–Trinajstić information content (AvgIpc) is 3.16. The van der Waals surface area contributed by atoms with Crippen LogP contribution < -0.4 is 10.2 Å². The van der Waals surface area contributed by atoms with E-state index in [4.69, 9.17) is 9.72 Å². The molecule has 7 nitrogen and oxygen atoms in total. The molecule has 2 heterocycles. The average molecular weight is 378 g/mol. The van der Waals surface area contributed by atoms with Crippen molar-refractivity contribution in [2.24, 2.45) is 0 Å². The number of carbonyl (C=O) groups excluding carboxylic acids is 1. The van der Waals surface area contributed by atoms with Crippen LogP contribution in [-0.2, 0) is 4.74 Å². The van der Waals surface area contributed by atoms with Gasteiger partial charge in [-0.05, 0) is 37.6 Å². The first kappa shape index (κ1) is 18.0. The number of fused-ring (bicyclic) bond motifs is 1. The number of amides is 1. The van der Waals surface area contributed by atoms with Crippen molar-refractivity contribution >= 4 is 22.8 Å². The Bertz CT molecular complexity index is 1010. The van der Waals surface area contributed by atoms with Gasteiger partial charge in [-0.2, -0.15) is 0 Å². The van der Waals surface area contributed by atoms with Gasteiger partial charge >= 0.3 is 6.09 Å². The summed E-state index contributed by atoms with van der Waals surface area (Å²) in [5.74, 6) is 1.43. The number of para-hydroxylation sites is 2. The van der Waals surface area contributed by atoms with Crippen LogP contribution in [0, 0.1) is 0 Å².